The van der Waals surface area contributed by atoms with Crippen LogP contribution in [-0.2, 0) is 9.53 Å². The Kier molecular flexibility index (Phi) is 3.85. The van der Waals surface area contributed by atoms with E-state index in [4.69, 9.17) is 10.5 Å². The number of benzene rings is 1. The highest BCUT2D eigenvalue weighted by Crippen LogP contribution is 2.48. The second kappa shape index (κ2) is 5.87. The number of amides is 1. The summed E-state index contributed by atoms with van der Waals surface area (Å²) in [6.07, 6.45) is 3.25. The first-order valence-corrected chi connectivity index (χ1v) is 8.55. The fourth-order valence-corrected chi connectivity index (χ4v) is 4.64. The molecule has 0 aromatic heterocycles. The number of hydrogen-bond donors (Lipinski definition) is 1. The Morgan fingerprint density at radius 2 is 1.96 bits per heavy atom. The summed E-state index contributed by atoms with van der Waals surface area (Å²) < 4.78 is 18.9. The van der Waals surface area contributed by atoms with Gasteiger partial charge < -0.3 is 15.4 Å². The smallest absolute Gasteiger partial charge is 0.227 e. The van der Waals surface area contributed by atoms with Gasteiger partial charge in [0.15, 0.2) is 0 Å². The number of nitrogens with two attached hydrogens (primary N) is 1. The van der Waals surface area contributed by atoms with E-state index in [1.54, 1.807) is 12.1 Å². The number of morpholine rings is 1. The van der Waals surface area contributed by atoms with E-state index in [1.165, 1.54) is 18.6 Å². The quantitative estimate of drug-likeness (QED) is 0.908. The maximum absolute atomic E-state index is 13.1. The van der Waals surface area contributed by atoms with Gasteiger partial charge in [0.2, 0.25) is 5.91 Å². The molecule has 2 bridgehead atoms. The lowest BCUT2D eigenvalue weighted by Gasteiger charge is -2.37. The first-order chi connectivity index (χ1) is 11.1. The monoisotopic (exact) mass is 318 g/mol. The Morgan fingerprint density at radius 3 is 2.65 bits per heavy atom. The van der Waals surface area contributed by atoms with Gasteiger partial charge in [-0.05, 0) is 48.8 Å². The van der Waals surface area contributed by atoms with E-state index in [1.807, 2.05) is 4.90 Å². The topological polar surface area (TPSA) is 55.6 Å². The number of carbonyl (C=O) groups is 1. The lowest BCUT2D eigenvalue weighted by atomic mass is 9.84. The molecule has 1 aromatic rings. The predicted octanol–water partition coefficient (Wildman–Crippen LogP) is 2.10. The summed E-state index contributed by atoms with van der Waals surface area (Å²) in [5.74, 6) is 0.920. The Balaban J connectivity index is 1.47. The van der Waals surface area contributed by atoms with Crippen molar-refractivity contribution in [2.45, 2.75) is 31.4 Å². The lowest BCUT2D eigenvalue weighted by Crippen LogP contribution is -2.50. The molecule has 1 aromatic carbocycles. The number of halogens is 1. The van der Waals surface area contributed by atoms with Crippen molar-refractivity contribution < 1.29 is 13.9 Å². The molecule has 0 spiro atoms. The van der Waals surface area contributed by atoms with Gasteiger partial charge in [-0.15, -0.1) is 0 Å². The van der Waals surface area contributed by atoms with E-state index in [0.717, 1.165) is 18.4 Å². The summed E-state index contributed by atoms with van der Waals surface area (Å²) in [5.41, 5.74) is 7.23. The zero-order valence-electron chi connectivity index (χ0n) is 13.2. The minimum atomic E-state index is -0.259. The van der Waals surface area contributed by atoms with Crippen molar-refractivity contribution in [2.75, 3.05) is 19.7 Å². The van der Waals surface area contributed by atoms with Crippen LogP contribution in [0.3, 0.4) is 0 Å². The van der Waals surface area contributed by atoms with Crippen LogP contribution < -0.4 is 5.73 Å². The van der Waals surface area contributed by atoms with Gasteiger partial charge >= 0.3 is 0 Å². The van der Waals surface area contributed by atoms with Crippen LogP contribution in [0.1, 0.15) is 30.9 Å². The zero-order valence-corrected chi connectivity index (χ0v) is 13.2. The molecular formula is C18H23FN2O2. The Morgan fingerprint density at radius 1 is 1.22 bits per heavy atom. The van der Waals surface area contributed by atoms with Gasteiger partial charge in [0.1, 0.15) is 11.9 Å². The van der Waals surface area contributed by atoms with E-state index >= 15 is 0 Å². The van der Waals surface area contributed by atoms with Crippen LogP contribution >= 0.6 is 0 Å². The third-order valence-electron chi connectivity index (χ3n) is 5.89. The Bertz CT molecular complexity index is 589. The van der Waals surface area contributed by atoms with Crippen LogP contribution in [0.5, 0.6) is 0 Å². The highest BCUT2D eigenvalue weighted by atomic mass is 19.1. The molecule has 5 unspecified atom stereocenters. The normalized spacial score (nSPS) is 36.4. The fraction of sp³-hybridized carbons (Fsp3) is 0.611. The van der Waals surface area contributed by atoms with Crippen molar-refractivity contribution in [2.24, 2.45) is 23.5 Å². The van der Waals surface area contributed by atoms with E-state index < -0.39 is 0 Å². The van der Waals surface area contributed by atoms with E-state index in [2.05, 4.69) is 0 Å². The van der Waals surface area contributed by atoms with Crippen LogP contribution in [-0.4, -0.2) is 36.5 Å². The standard InChI is InChI=1S/C18H23FN2O2/c19-14-5-3-11(4-6-14)15-10-21(7-8-23-15)18(22)16-12-1-2-13(9-12)17(16)20/h3-6,12-13,15-17H,1-2,7-10,20H2. The number of ether oxygens (including phenoxy) is 1. The summed E-state index contributed by atoms with van der Waals surface area (Å²) in [6, 6.07) is 6.36. The van der Waals surface area contributed by atoms with Crippen molar-refractivity contribution in [3.05, 3.63) is 35.6 Å². The SMILES string of the molecule is NC1C2CCC(C2)C1C(=O)N1CCOC(c2ccc(F)cc2)C1. The van der Waals surface area contributed by atoms with Crippen LogP contribution in [0.2, 0.25) is 0 Å². The Labute approximate surface area is 135 Å². The maximum atomic E-state index is 13.1. The molecule has 3 aliphatic rings. The van der Waals surface area contributed by atoms with Gasteiger partial charge in [-0.2, -0.15) is 0 Å². The van der Waals surface area contributed by atoms with Crippen LogP contribution in [0, 0.1) is 23.6 Å². The lowest BCUT2D eigenvalue weighted by molar-refractivity contribution is -0.145. The third kappa shape index (κ3) is 2.66. The number of nitrogens with zero attached hydrogens (tertiary/aromatic N) is 1. The minimum absolute atomic E-state index is 0.0132. The molecule has 4 rings (SSSR count). The molecule has 5 atom stereocenters. The molecule has 2 saturated carbocycles. The summed E-state index contributed by atoms with van der Waals surface area (Å²) in [4.78, 5) is 14.9. The van der Waals surface area contributed by atoms with Crippen molar-refractivity contribution in [1.29, 1.82) is 0 Å². The number of fused-ring (bicyclic) bond motifs is 2. The summed E-state index contributed by atoms with van der Waals surface area (Å²) in [5, 5.41) is 0. The zero-order chi connectivity index (χ0) is 16.0. The third-order valence-corrected chi connectivity index (χ3v) is 5.89. The Hall–Kier alpha value is -1.46. The first kappa shape index (κ1) is 15.1. The van der Waals surface area contributed by atoms with Gasteiger partial charge in [0, 0.05) is 12.6 Å². The summed E-state index contributed by atoms with van der Waals surface area (Å²) in [6.45, 7) is 1.67. The van der Waals surface area contributed by atoms with Gasteiger partial charge in [-0.3, -0.25) is 4.79 Å². The minimum Gasteiger partial charge on any atom is -0.370 e. The number of carbonyl (C=O) groups excluding carboxylic acids is 1. The molecule has 5 heteroatoms. The molecule has 1 saturated heterocycles. The molecular weight excluding hydrogens is 295 g/mol. The molecule has 2 N–H and O–H groups in total. The molecule has 3 fully saturated rings. The fourth-order valence-electron chi connectivity index (χ4n) is 4.64. The molecule has 23 heavy (non-hydrogen) atoms. The maximum Gasteiger partial charge on any atom is 0.227 e. The van der Waals surface area contributed by atoms with Crippen molar-refractivity contribution in [1.82, 2.24) is 4.90 Å². The average molecular weight is 318 g/mol. The largest absolute Gasteiger partial charge is 0.370 e. The van der Waals surface area contributed by atoms with Crippen LogP contribution in [0.25, 0.3) is 0 Å². The highest BCUT2D eigenvalue weighted by molar-refractivity contribution is 5.80. The average Bonchev–Trinajstić information content (AvgIpc) is 3.16. The molecule has 1 heterocycles. The highest BCUT2D eigenvalue weighted by Gasteiger charge is 2.50. The first-order valence-electron chi connectivity index (χ1n) is 8.55. The molecule has 2 aliphatic carbocycles. The van der Waals surface area contributed by atoms with Gasteiger partial charge in [0.05, 0.1) is 19.1 Å². The molecule has 0 radical (unpaired) electrons. The number of rotatable bonds is 2. The molecule has 1 amide bonds. The van der Waals surface area contributed by atoms with Gasteiger partial charge in [0.25, 0.3) is 0 Å². The summed E-state index contributed by atoms with van der Waals surface area (Å²) in [7, 11) is 0. The van der Waals surface area contributed by atoms with Crippen molar-refractivity contribution in [3.8, 4) is 0 Å². The molecule has 1 aliphatic heterocycles. The van der Waals surface area contributed by atoms with Gasteiger partial charge in [-0.25, -0.2) is 4.39 Å². The van der Waals surface area contributed by atoms with E-state index in [0.29, 0.717) is 31.5 Å². The number of hydrogen-bond acceptors (Lipinski definition) is 3. The molecule has 124 valence electrons. The second-order valence-corrected chi connectivity index (χ2v) is 7.13. The van der Waals surface area contributed by atoms with Crippen molar-refractivity contribution >= 4 is 5.91 Å². The van der Waals surface area contributed by atoms with Crippen molar-refractivity contribution in [3.63, 3.8) is 0 Å². The van der Waals surface area contributed by atoms with Gasteiger partial charge in [-0.1, -0.05) is 12.1 Å². The second-order valence-electron chi connectivity index (χ2n) is 7.13. The van der Waals surface area contributed by atoms with Crippen LogP contribution in [0.15, 0.2) is 24.3 Å². The summed E-state index contributed by atoms with van der Waals surface area (Å²) >= 11 is 0. The molecule has 4 nitrogen and oxygen atoms in total. The predicted molar refractivity (Wildman–Crippen MR) is 84.0 cm³/mol. The van der Waals surface area contributed by atoms with E-state index in [-0.39, 0.29) is 29.8 Å². The van der Waals surface area contributed by atoms with E-state index in [9.17, 15) is 9.18 Å². The van der Waals surface area contributed by atoms with Crippen LogP contribution in [0.4, 0.5) is 4.39 Å².